The Morgan fingerprint density at radius 2 is 1.92 bits per heavy atom. The van der Waals surface area contributed by atoms with Crippen LogP contribution in [0.5, 0.6) is 0 Å². The average molecular weight is 333 g/mol. The van der Waals surface area contributed by atoms with Crippen LogP contribution in [0, 0.1) is 11.7 Å². The van der Waals surface area contributed by atoms with Gasteiger partial charge in [-0.3, -0.25) is 9.59 Å². The molecule has 1 N–H and O–H groups in total. The molecule has 2 fully saturated rings. The van der Waals surface area contributed by atoms with Crippen LogP contribution in [0.25, 0.3) is 0 Å². The molecule has 0 radical (unpaired) electrons. The smallest absolute Gasteiger partial charge is 0.303 e. The van der Waals surface area contributed by atoms with E-state index in [1.54, 1.807) is 12.1 Å². The predicted octanol–water partition coefficient (Wildman–Crippen LogP) is 3.35. The molecule has 24 heavy (non-hydrogen) atoms. The zero-order valence-electron chi connectivity index (χ0n) is 13.8. The Hall–Kier alpha value is -1.91. The number of hydrogen-bond donors (Lipinski definition) is 1. The summed E-state index contributed by atoms with van der Waals surface area (Å²) < 4.78 is 13.2. The second-order valence-electron chi connectivity index (χ2n) is 7.13. The summed E-state index contributed by atoms with van der Waals surface area (Å²) in [7, 11) is 0. The molecule has 1 saturated carbocycles. The number of nitrogens with zero attached hydrogens (tertiary/aromatic N) is 1. The topological polar surface area (TPSA) is 57.6 Å². The van der Waals surface area contributed by atoms with Crippen molar-refractivity contribution in [1.29, 1.82) is 0 Å². The molecular weight excluding hydrogens is 309 g/mol. The number of piperidine rings is 1. The quantitative estimate of drug-likeness (QED) is 0.899. The number of hydrogen-bond acceptors (Lipinski definition) is 2. The molecule has 130 valence electrons. The summed E-state index contributed by atoms with van der Waals surface area (Å²) in [6.07, 6.45) is 5.34. The van der Waals surface area contributed by atoms with E-state index in [9.17, 15) is 14.0 Å². The summed E-state index contributed by atoms with van der Waals surface area (Å²) in [6, 6.07) is 6.32. The Balaban J connectivity index is 1.71. The van der Waals surface area contributed by atoms with Gasteiger partial charge in [0.2, 0.25) is 5.91 Å². The van der Waals surface area contributed by atoms with Crippen molar-refractivity contribution in [2.45, 2.75) is 50.4 Å². The standard InChI is InChI=1S/C19H24FNO3/c20-16-7-5-15(6-8-16)19(10-2-11-19)18(24)21-12-1-3-14(13-21)4-9-17(22)23/h5-8,14H,1-4,9-13H2,(H,22,23)/t14-/m1/s1. The van der Waals surface area contributed by atoms with E-state index in [0.29, 0.717) is 13.0 Å². The maximum absolute atomic E-state index is 13.2. The van der Waals surface area contributed by atoms with Crippen LogP contribution < -0.4 is 0 Å². The molecule has 2 aliphatic rings. The molecule has 0 bridgehead atoms. The molecule has 3 rings (SSSR count). The molecular formula is C19H24FNO3. The minimum absolute atomic E-state index is 0.139. The first-order valence-corrected chi connectivity index (χ1v) is 8.78. The van der Waals surface area contributed by atoms with Crippen molar-refractivity contribution in [3.05, 3.63) is 35.6 Å². The molecule has 1 aliphatic heterocycles. The fourth-order valence-electron chi connectivity index (χ4n) is 4.04. The van der Waals surface area contributed by atoms with Crippen LogP contribution >= 0.6 is 0 Å². The predicted molar refractivity (Wildman–Crippen MR) is 88.1 cm³/mol. The number of carbonyl (C=O) groups is 2. The van der Waals surface area contributed by atoms with Gasteiger partial charge in [0.1, 0.15) is 5.82 Å². The van der Waals surface area contributed by atoms with Crippen molar-refractivity contribution in [3.8, 4) is 0 Å². The molecule has 4 nitrogen and oxygen atoms in total. The van der Waals surface area contributed by atoms with Gasteiger partial charge in [0, 0.05) is 19.5 Å². The third-order valence-corrected chi connectivity index (χ3v) is 5.59. The van der Waals surface area contributed by atoms with Crippen LogP contribution in [0.15, 0.2) is 24.3 Å². The molecule has 1 heterocycles. The van der Waals surface area contributed by atoms with Crippen LogP contribution in [0.2, 0.25) is 0 Å². The number of benzene rings is 1. The maximum Gasteiger partial charge on any atom is 0.303 e. The number of carboxylic acids is 1. The van der Waals surface area contributed by atoms with Gasteiger partial charge < -0.3 is 10.0 Å². The average Bonchev–Trinajstić information content (AvgIpc) is 2.54. The fourth-order valence-corrected chi connectivity index (χ4v) is 4.04. The van der Waals surface area contributed by atoms with Gasteiger partial charge >= 0.3 is 5.97 Å². The van der Waals surface area contributed by atoms with Gasteiger partial charge in [-0.15, -0.1) is 0 Å². The molecule has 0 spiro atoms. The molecule has 1 saturated heterocycles. The number of halogens is 1. The molecule has 1 aliphatic carbocycles. The van der Waals surface area contributed by atoms with Gasteiger partial charge in [-0.05, 0) is 55.7 Å². The van der Waals surface area contributed by atoms with E-state index in [1.165, 1.54) is 12.1 Å². The zero-order chi connectivity index (χ0) is 17.2. The minimum Gasteiger partial charge on any atom is -0.481 e. The van der Waals surface area contributed by atoms with Crippen LogP contribution in [0.3, 0.4) is 0 Å². The minimum atomic E-state index is -0.778. The molecule has 1 aromatic carbocycles. The van der Waals surface area contributed by atoms with Crippen LogP contribution in [0.1, 0.15) is 50.5 Å². The molecule has 1 amide bonds. The lowest BCUT2D eigenvalue weighted by Gasteiger charge is -2.46. The highest BCUT2D eigenvalue weighted by Gasteiger charge is 2.48. The summed E-state index contributed by atoms with van der Waals surface area (Å²) in [5.41, 5.74) is 0.412. The molecule has 1 aromatic rings. The fraction of sp³-hybridized carbons (Fsp3) is 0.579. The number of carbonyl (C=O) groups excluding carboxylic acids is 1. The summed E-state index contributed by atoms with van der Waals surface area (Å²) in [5, 5.41) is 8.86. The van der Waals surface area contributed by atoms with Crippen molar-refractivity contribution in [1.82, 2.24) is 4.90 Å². The van der Waals surface area contributed by atoms with Crippen LogP contribution in [0.4, 0.5) is 4.39 Å². The van der Waals surface area contributed by atoms with Crippen molar-refractivity contribution in [3.63, 3.8) is 0 Å². The lowest BCUT2D eigenvalue weighted by Crippen LogP contribution is -2.53. The summed E-state index contributed by atoms with van der Waals surface area (Å²) in [6.45, 7) is 1.39. The lowest BCUT2D eigenvalue weighted by molar-refractivity contribution is -0.143. The second kappa shape index (κ2) is 6.91. The van der Waals surface area contributed by atoms with E-state index in [-0.39, 0.29) is 24.1 Å². The van der Waals surface area contributed by atoms with Gasteiger partial charge in [-0.2, -0.15) is 0 Å². The first-order valence-electron chi connectivity index (χ1n) is 8.78. The number of likely N-dealkylation sites (tertiary alicyclic amines) is 1. The van der Waals surface area contributed by atoms with Crippen molar-refractivity contribution in [2.75, 3.05) is 13.1 Å². The van der Waals surface area contributed by atoms with Crippen LogP contribution in [-0.2, 0) is 15.0 Å². The number of carboxylic acid groups (broad SMARTS) is 1. The second-order valence-corrected chi connectivity index (χ2v) is 7.13. The van der Waals surface area contributed by atoms with Gasteiger partial charge in [-0.25, -0.2) is 4.39 Å². The monoisotopic (exact) mass is 333 g/mol. The van der Waals surface area contributed by atoms with Crippen molar-refractivity contribution in [2.24, 2.45) is 5.92 Å². The maximum atomic E-state index is 13.2. The Labute approximate surface area is 141 Å². The SMILES string of the molecule is O=C(O)CC[C@H]1CCCN(C(=O)C2(c3ccc(F)cc3)CCC2)C1. The summed E-state index contributed by atoms with van der Waals surface area (Å²) in [5.74, 6) is -0.655. The first-order chi connectivity index (χ1) is 11.5. The Morgan fingerprint density at radius 3 is 2.50 bits per heavy atom. The van der Waals surface area contributed by atoms with E-state index < -0.39 is 11.4 Å². The summed E-state index contributed by atoms with van der Waals surface area (Å²) >= 11 is 0. The summed E-state index contributed by atoms with van der Waals surface area (Å²) in [4.78, 5) is 25.9. The third kappa shape index (κ3) is 3.30. The number of amides is 1. The van der Waals surface area contributed by atoms with Crippen molar-refractivity contribution >= 4 is 11.9 Å². The Kier molecular flexibility index (Phi) is 4.88. The van der Waals surface area contributed by atoms with E-state index in [0.717, 1.165) is 44.2 Å². The van der Waals surface area contributed by atoms with Gasteiger partial charge in [0.25, 0.3) is 0 Å². The highest BCUT2D eigenvalue weighted by Crippen LogP contribution is 2.45. The highest BCUT2D eigenvalue weighted by atomic mass is 19.1. The van der Waals surface area contributed by atoms with E-state index >= 15 is 0 Å². The molecule has 0 unspecified atom stereocenters. The first kappa shape index (κ1) is 16.9. The zero-order valence-corrected chi connectivity index (χ0v) is 13.8. The molecule has 5 heteroatoms. The highest BCUT2D eigenvalue weighted by molar-refractivity contribution is 5.89. The van der Waals surface area contributed by atoms with Gasteiger partial charge in [-0.1, -0.05) is 18.6 Å². The number of aliphatic carboxylic acids is 1. The van der Waals surface area contributed by atoms with Gasteiger partial charge in [0.05, 0.1) is 5.41 Å². The normalized spacial score (nSPS) is 22.7. The molecule has 0 aromatic heterocycles. The Bertz CT molecular complexity index is 610. The molecule has 1 atom stereocenters. The van der Waals surface area contributed by atoms with Crippen LogP contribution in [-0.4, -0.2) is 35.0 Å². The van der Waals surface area contributed by atoms with Gasteiger partial charge in [0.15, 0.2) is 0 Å². The van der Waals surface area contributed by atoms with E-state index in [2.05, 4.69) is 0 Å². The number of rotatable bonds is 5. The van der Waals surface area contributed by atoms with Crippen molar-refractivity contribution < 1.29 is 19.1 Å². The van der Waals surface area contributed by atoms with E-state index in [4.69, 9.17) is 5.11 Å². The Morgan fingerprint density at radius 1 is 1.21 bits per heavy atom. The third-order valence-electron chi connectivity index (χ3n) is 5.59. The van der Waals surface area contributed by atoms with E-state index in [1.807, 2.05) is 4.90 Å². The largest absolute Gasteiger partial charge is 0.481 e. The lowest BCUT2D eigenvalue weighted by atomic mass is 9.63.